The zero-order valence-corrected chi connectivity index (χ0v) is 11.2. The van der Waals surface area contributed by atoms with Crippen LogP contribution >= 0.6 is 0 Å². The van der Waals surface area contributed by atoms with Gasteiger partial charge in [-0.3, -0.25) is 4.79 Å². The molecule has 0 unspecified atom stereocenters. The van der Waals surface area contributed by atoms with Crippen molar-refractivity contribution >= 4 is 16.8 Å². The van der Waals surface area contributed by atoms with E-state index in [0.29, 0.717) is 18.7 Å². The molecule has 0 spiro atoms. The zero-order valence-electron chi connectivity index (χ0n) is 11.2. The third kappa shape index (κ3) is 3.58. The van der Waals surface area contributed by atoms with Gasteiger partial charge in [-0.2, -0.15) is 0 Å². The Morgan fingerprint density at radius 2 is 2.21 bits per heavy atom. The number of carbonyl (C=O) groups is 1. The number of aromatic nitrogens is 1. The largest absolute Gasteiger partial charge is 0.381 e. The van der Waals surface area contributed by atoms with Crippen LogP contribution in [0.1, 0.15) is 30.1 Å². The Kier molecular flexibility index (Phi) is 4.98. The standard InChI is InChI=1S/C15H20N2O2/c1-2-10-19-11-4-8-17-15(18)13-5-3-6-14-12(13)7-9-16-14/h3,5-7,9,16H,2,4,8,10-11H2,1H3,(H,17,18). The number of hydrogen-bond donors (Lipinski definition) is 2. The van der Waals surface area contributed by atoms with Gasteiger partial charge in [0.05, 0.1) is 0 Å². The van der Waals surface area contributed by atoms with E-state index in [4.69, 9.17) is 4.74 Å². The van der Waals surface area contributed by atoms with Crippen molar-refractivity contribution in [1.29, 1.82) is 0 Å². The highest BCUT2D eigenvalue weighted by Crippen LogP contribution is 2.16. The highest BCUT2D eigenvalue weighted by Gasteiger charge is 2.09. The van der Waals surface area contributed by atoms with Crippen molar-refractivity contribution in [2.45, 2.75) is 19.8 Å². The van der Waals surface area contributed by atoms with E-state index in [1.54, 1.807) is 0 Å². The molecule has 2 aromatic rings. The molecule has 0 saturated heterocycles. The highest BCUT2D eigenvalue weighted by atomic mass is 16.5. The second kappa shape index (κ2) is 6.95. The first-order valence-corrected chi connectivity index (χ1v) is 6.75. The van der Waals surface area contributed by atoms with Gasteiger partial charge in [-0.1, -0.05) is 13.0 Å². The first kappa shape index (κ1) is 13.6. The third-order valence-corrected chi connectivity index (χ3v) is 2.94. The predicted octanol–water partition coefficient (Wildman–Crippen LogP) is 2.71. The van der Waals surface area contributed by atoms with Crippen LogP contribution in [0.2, 0.25) is 0 Å². The van der Waals surface area contributed by atoms with Gasteiger partial charge in [0.1, 0.15) is 0 Å². The zero-order chi connectivity index (χ0) is 13.5. The van der Waals surface area contributed by atoms with Crippen LogP contribution in [0.25, 0.3) is 10.9 Å². The number of aromatic amines is 1. The summed E-state index contributed by atoms with van der Waals surface area (Å²) in [7, 11) is 0. The Morgan fingerprint density at radius 3 is 3.05 bits per heavy atom. The molecule has 0 bridgehead atoms. The molecule has 4 heteroatoms. The van der Waals surface area contributed by atoms with Crippen LogP contribution in [0.3, 0.4) is 0 Å². The molecule has 2 N–H and O–H groups in total. The van der Waals surface area contributed by atoms with Gasteiger partial charge in [0.25, 0.3) is 5.91 Å². The van der Waals surface area contributed by atoms with Gasteiger partial charge in [-0.15, -0.1) is 0 Å². The maximum atomic E-state index is 12.1. The lowest BCUT2D eigenvalue weighted by Gasteiger charge is -2.06. The summed E-state index contributed by atoms with van der Waals surface area (Å²) < 4.78 is 5.37. The minimum absolute atomic E-state index is 0.0271. The van der Waals surface area contributed by atoms with Crippen molar-refractivity contribution in [2.24, 2.45) is 0 Å². The minimum atomic E-state index is -0.0271. The van der Waals surface area contributed by atoms with E-state index in [0.717, 1.165) is 30.4 Å². The highest BCUT2D eigenvalue weighted by molar-refractivity contribution is 6.06. The number of amides is 1. The lowest BCUT2D eigenvalue weighted by Crippen LogP contribution is -2.25. The van der Waals surface area contributed by atoms with Crippen molar-refractivity contribution in [3.8, 4) is 0 Å². The molecule has 19 heavy (non-hydrogen) atoms. The van der Waals surface area contributed by atoms with Gasteiger partial charge in [0.15, 0.2) is 0 Å². The molecular weight excluding hydrogens is 240 g/mol. The Morgan fingerprint density at radius 1 is 1.32 bits per heavy atom. The molecule has 4 nitrogen and oxygen atoms in total. The van der Waals surface area contributed by atoms with E-state index < -0.39 is 0 Å². The Labute approximate surface area is 113 Å². The molecule has 1 aromatic carbocycles. The van der Waals surface area contributed by atoms with Crippen LogP contribution in [-0.4, -0.2) is 30.6 Å². The molecule has 0 saturated carbocycles. The second-order valence-electron chi connectivity index (χ2n) is 4.47. The summed E-state index contributed by atoms with van der Waals surface area (Å²) in [6.45, 7) is 4.21. The van der Waals surface area contributed by atoms with E-state index in [-0.39, 0.29) is 5.91 Å². The van der Waals surface area contributed by atoms with Crippen molar-refractivity contribution < 1.29 is 9.53 Å². The Bertz CT molecular complexity index is 534. The quantitative estimate of drug-likeness (QED) is 0.752. The molecule has 0 aliphatic carbocycles. The molecule has 0 aliphatic heterocycles. The number of rotatable bonds is 7. The van der Waals surface area contributed by atoms with Gasteiger partial charge >= 0.3 is 0 Å². The van der Waals surface area contributed by atoms with Crippen molar-refractivity contribution in [3.05, 3.63) is 36.0 Å². The van der Waals surface area contributed by atoms with Gasteiger partial charge in [0.2, 0.25) is 0 Å². The van der Waals surface area contributed by atoms with Crippen molar-refractivity contribution in [2.75, 3.05) is 19.8 Å². The smallest absolute Gasteiger partial charge is 0.251 e. The van der Waals surface area contributed by atoms with Gasteiger partial charge in [0, 0.05) is 42.4 Å². The minimum Gasteiger partial charge on any atom is -0.381 e. The molecule has 0 aliphatic rings. The van der Waals surface area contributed by atoms with Crippen molar-refractivity contribution in [1.82, 2.24) is 10.3 Å². The molecule has 2 rings (SSSR count). The van der Waals surface area contributed by atoms with E-state index in [2.05, 4.69) is 17.2 Å². The number of fused-ring (bicyclic) bond motifs is 1. The molecule has 102 valence electrons. The fourth-order valence-corrected chi connectivity index (χ4v) is 2.00. The van der Waals surface area contributed by atoms with E-state index >= 15 is 0 Å². The number of nitrogens with one attached hydrogen (secondary N) is 2. The first-order valence-electron chi connectivity index (χ1n) is 6.75. The van der Waals surface area contributed by atoms with Crippen LogP contribution in [0.4, 0.5) is 0 Å². The van der Waals surface area contributed by atoms with Gasteiger partial charge in [-0.05, 0) is 31.0 Å². The normalized spacial score (nSPS) is 10.8. The third-order valence-electron chi connectivity index (χ3n) is 2.94. The fraction of sp³-hybridized carbons (Fsp3) is 0.400. The van der Waals surface area contributed by atoms with Crippen LogP contribution in [-0.2, 0) is 4.74 Å². The molecule has 1 heterocycles. The summed E-state index contributed by atoms with van der Waals surface area (Å²) in [4.78, 5) is 15.2. The second-order valence-corrected chi connectivity index (χ2v) is 4.47. The molecule has 0 atom stereocenters. The lowest BCUT2D eigenvalue weighted by atomic mass is 10.1. The van der Waals surface area contributed by atoms with E-state index in [9.17, 15) is 4.79 Å². The Balaban J connectivity index is 1.85. The first-order chi connectivity index (χ1) is 9.33. The summed E-state index contributed by atoms with van der Waals surface area (Å²) in [5.74, 6) is -0.0271. The average Bonchev–Trinajstić information content (AvgIpc) is 2.90. The summed E-state index contributed by atoms with van der Waals surface area (Å²) >= 11 is 0. The summed E-state index contributed by atoms with van der Waals surface area (Å²) in [6, 6.07) is 7.62. The average molecular weight is 260 g/mol. The number of H-pyrrole nitrogens is 1. The monoisotopic (exact) mass is 260 g/mol. The van der Waals surface area contributed by atoms with E-state index in [1.807, 2.05) is 30.5 Å². The van der Waals surface area contributed by atoms with Gasteiger partial charge < -0.3 is 15.0 Å². The maximum absolute atomic E-state index is 12.1. The molecular formula is C15H20N2O2. The number of hydrogen-bond acceptors (Lipinski definition) is 2. The molecule has 1 aromatic heterocycles. The van der Waals surface area contributed by atoms with E-state index in [1.165, 1.54) is 0 Å². The fourth-order valence-electron chi connectivity index (χ4n) is 2.00. The SMILES string of the molecule is CCCOCCCNC(=O)c1cccc2[nH]ccc12. The number of ether oxygens (including phenoxy) is 1. The molecule has 1 amide bonds. The topological polar surface area (TPSA) is 54.1 Å². The van der Waals surface area contributed by atoms with Crippen LogP contribution in [0.5, 0.6) is 0 Å². The van der Waals surface area contributed by atoms with Gasteiger partial charge in [-0.25, -0.2) is 0 Å². The summed E-state index contributed by atoms with van der Waals surface area (Å²) in [6.07, 6.45) is 3.72. The summed E-state index contributed by atoms with van der Waals surface area (Å²) in [5.41, 5.74) is 1.70. The van der Waals surface area contributed by atoms with Crippen LogP contribution in [0.15, 0.2) is 30.5 Å². The molecule has 0 radical (unpaired) electrons. The van der Waals surface area contributed by atoms with Crippen LogP contribution in [0, 0.1) is 0 Å². The summed E-state index contributed by atoms with van der Waals surface area (Å²) in [5, 5.41) is 3.89. The lowest BCUT2D eigenvalue weighted by molar-refractivity contribution is 0.0943. The maximum Gasteiger partial charge on any atom is 0.251 e. The van der Waals surface area contributed by atoms with Crippen LogP contribution < -0.4 is 5.32 Å². The number of benzene rings is 1. The predicted molar refractivity (Wildman–Crippen MR) is 76.4 cm³/mol. The Hall–Kier alpha value is -1.81. The van der Waals surface area contributed by atoms with Crippen molar-refractivity contribution in [3.63, 3.8) is 0 Å². The number of carbonyl (C=O) groups excluding carboxylic acids is 1. The molecule has 0 fully saturated rings.